The topological polar surface area (TPSA) is 89.1 Å². The summed E-state index contributed by atoms with van der Waals surface area (Å²) in [6, 6.07) is 3.66. The van der Waals surface area contributed by atoms with Crippen molar-refractivity contribution in [1.29, 1.82) is 0 Å². The minimum atomic E-state index is -0.907. The molecule has 0 saturated carbocycles. The Kier molecular flexibility index (Phi) is 5.03. The average Bonchev–Trinajstić information content (AvgIpc) is 3.03. The average molecular weight is 306 g/mol. The smallest absolute Gasteiger partial charge is 0.279 e. The Balaban J connectivity index is 2.41. The summed E-state index contributed by atoms with van der Waals surface area (Å²) in [5.74, 6) is 0.541. The molecule has 7 nitrogen and oxygen atoms in total. The summed E-state index contributed by atoms with van der Waals surface area (Å²) in [7, 11) is 3.12. The van der Waals surface area contributed by atoms with Crippen molar-refractivity contribution >= 4 is 11.6 Å². The standard InChI is InChI=1S/C15H18N2O5/c1-4-5-9-6-10(7-12(20-2)14(9)21-3)11-8-13(22-17-11)15(18)16-19/h4,6-8,13,17,19H,1,5H2,2-3H3,(H,16,18). The molecule has 3 N–H and O–H groups in total. The summed E-state index contributed by atoms with van der Waals surface area (Å²) in [6.45, 7) is 3.73. The Hall–Kier alpha value is -2.51. The first-order valence-corrected chi connectivity index (χ1v) is 6.58. The SMILES string of the molecule is C=CCc1cc(C2=CC(C(=O)NO)ON2)cc(OC)c1OC. The predicted octanol–water partition coefficient (Wildman–Crippen LogP) is 1.18. The van der Waals surface area contributed by atoms with Crippen LogP contribution in [0.15, 0.2) is 30.9 Å². The van der Waals surface area contributed by atoms with Crippen LogP contribution >= 0.6 is 0 Å². The maximum Gasteiger partial charge on any atom is 0.279 e. The van der Waals surface area contributed by atoms with Gasteiger partial charge >= 0.3 is 0 Å². The highest BCUT2D eigenvalue weighted by Gasteiger charge is 2.25. The van der Waals surface area contributed by atoms with Gasteiger partial charge in [-0.2, -0.15) is 0 Å². The van der Waals surface area contributed by atoms with E-state index in [0.29, 0.717) is 23.6 Å². The van der Waals surface area contributed by atoms with E-state index in [1.165, 1.54) is 0 Å². The van der Waals surface area contributed by atoms with Gasteiger partial charge in [-0.15, -0.1) is 6.58 Å². The van der Waals surface area contributed by atoms with Crippen LogP contribution in [0.25, 0.3) is 5.70 Å². The second kappa shape index (κ2) is 6.97. The highest BCUT2D eigenvalue weighted by atomic mass is 16.7. The molecule has 0 bridgehead atoms. The molecule has 1 unspecified atom stereocenters. The van der Waals surface area contributed by atoms with Gasteiger partial charge in [-0.1, -0.05) is 6.08 Å². The van der Waals surface area contributed by atoms with Crippen LogP contribution < -0.4 is 20.4 Å². The quantitative estimate of drug-likeness (QED) is 0.415. The number of hydroxylamine groups is 2. The van der Waals surface area contributed by atoms with E-state index in [1.54, 1.807) is 37.9 Å². The summed E-state index contributed by atoms with van der Waals surface area (Å²) in [5, 5.41) is 8.63. The first-order chi connectivity index (χ1) is 10.6. The van der Waals surface area contributed by atoms with Crippen molar-refractivity contribution in [3.05, 3.63) is 42.0 Å². The summed E-state index contributed by atoms with van der Waals surface area (Å²) in [4.78, 5) is 16.5. The normalized spacial score (nSPS) is 16.5. The zero-order chi connectivity index (χ0) is 16.1. The molecule has 1 aliphatic heterocycles. The number of amides is 1. The zero-order valence-corrected chi connectivity index (χ0v) is 12.4. The lowest BCUT2D eigenvalue weighted by molar-refractivity contribution is -0.139. The Morgan fingerprint density at radius 1 is 1.50 bits per heavy atom. The molecule has 22 heavy (non-hydrogen) atoms. The lowest BCUT2D eigenvalue weighted by atomic mass is 10.0. The van der Waals surface area contributed by atoms with Gasteiger partial charge in [0.25, 0.3) is 5.91 Å². The monoisotopic (exact) mass is 306 g/mol. The molecule has 0 radical (unpaired) electrons. The number of carbonyl (C=O) groups is 1. The van der Waals surface area contributed by atoms with Gasteiger partial charge in [-0.25, -0.2) is 5.48 Å². The van der Waals surface area contributed by atoms with Gasteiger partial charge in [0.1, 0.15) is 0 Å². The highest BCUT2D eigenvalue weighted by Crippen LogP contribution is 2.35. The van der Waals surface area contributed by atoms with Crippen molar-refractivity contribution in [3.63, 3.8) is 0 Å². The molecule has 1 amide bonds. The molecular formula is C15H18N2O5. The third kappa shape index (κ3) is 3.05. The third-order valence-corrected chi connectivity index (χ3v) is 3.21. The number of nitrogens with one attached hydrogen (secondary N) is 2. The maximum atomic E-state index is 11.4. The van der Waals surface area contributed by atoms with Crippen LogP contribution in [0.2, 0.25) is 0 Å². The number of methoxy groups -OCH3 is 2. The molecule has 1 aliphatic rings. The number of carbonyl (C=O) groups excluding carboxylic acids is 1. The molecule has 0 spiro atoms. The molecule has 1 aromatic carbocycles. The van der Waals surface area contributed by atoms with Crippen molar-refractivity contribution in [1.82, 2.24) is 11.0 Å². The largest absolute Gasteiger partial charge is 0.493 e. The zero-order valence-electron chi connectivity index (χ0n) is 12.4. The molecule has 0 fully saturated rings. The molecule has 118 valence electrons. The van der Waals surface area contributed by atoms with Crippen LogP contribution in [0.1, 0.15) is 11.1 Å². The fourth-order valence-electron chi connectivity index (χ4n) is 2.20. The molecule has 0 aliphatic carbocycles. The lowest BCUT2D eigenvalue weighted by Crippen LogP contribution is -2.32. The Bertz CT molecular complexity index is 612. The number of rotatable bonds is 6. The summed E-state index contributed by atoms with van der Waals surface area (Å²) < 4.78 is 10.7. The van der Waals surface area contributed by atoms with Crippen LogP contribution in [-0.4, -0.2) is 31.4 Å². The fraction of sp³-hybridized carbons (Fsp3) is 0.267. The molecule has 1 atom stereocenters. The molecule has 0 saturated heterocycles. The van der Waals surface area contributed by atoms with Crippen LogP contribution in [0, 0.1) is 0 Å². The summed E-state index contributed by atoms with van der Waals surface area (Å²) in [6.07, 6.45) is 3.01. The van der Waals surface area contributed by atoms with E-state index < -0.39 is 12.0 Å². The maximum absolute atomic E-state index is 11.4. The van der Waals surface area contributed by atoms with E-state index in [1.807, 2.05) is 6.07 Å². The number of hydrogen-bond acceptors (Lipinski definition) is 6. The molecule has 2 rings (SSSR count). The Morgan fingerprint density at radius 3 is 2.86 bits per heavy atom. The van der Waals surface area contributed by atoms with Gasteiger partial charge < -0.3 is 9.47 Å². The van der Waals surface area contributed by atoms with E-state index in [4.69, 9.17) is 19.5 Å². The van der Waals surface area contributed by atoms with Crippen LogP contribution in [-0.2, 0) is 16.1 Å². The molecule has 1 heterocycles. The fourth-order valence-corrected chi connectivity index (χ4v) is 2.20. The summed E-state index contributed by atoms with van der Waals surface area (Å²) in [5.41, 5.74) is 6.46. The molecule has 7 heteroatoms. The van der Waals surface area contributed by atoms with Gasteiger partial charge in [0.05, 0.1) is 19.9 Å². The lowest BCUT2D eigenvalue weighted by Gasteiger charge is -2.14. The first-order valence-electron chi connectivity index (χ1n) is 6.58. The van der Waals surface area contributed by atoms with Crippen molar-refractivity contribution in [2.75, 3.05) is 14.2 Å². The Morgan fingerprint density at radius 2 is 2.27 bits per heavy atom. The number of hydrogen-bond donors (Lipinski definition) is 3. The van der Waals surface area contributed by atoms with E-state index >= 15 is 0 Å². The van der Waals surface area contributed by atoms with Crippen LogP contribution in [0.3, 0.4) is 0 Å². The van der Waals surface area contributed by atoms with Gasteiger partial charge in [-0.05, 0) is 24.6 Å². The van der Waals surface area contributed by atoms with E-state index in [2.05, 4.69) is 12.1 Å². The number of allylic oxidation sites excluding steroid dienone is 1. The first kappa shape index (κ1) is 15.9. The molecule has 0 aromatic heterocycles. The van der Waals surface area contributed by atoms with Gasteiger partial charge in [0.15, 0.2) is 17.6 Å². The second-order valence-electron chi connectivity index (χ2n) is 4.56. The second-order valence-corrected chi connectivity index (χ2v) is 4.56. The van der Waals surface area contributed by atoms with Crippen molar-refractivity contribution in [2.45, 2.75) is 12.5 Å². The van der Waals surface area contributed by atoms with Gasteiger partial charge in [0, 0.05) is 11.1 Å². The van der Waals surface area contributed by atoms with Crippen LogP contribution in [0.4, 0.5) is 0 Å². The molecular weight excluding hydrogens is 288 g/mol. The van der Waals surface area contributed by atoms with E-state index in [-0.39, 0.29) is 0 Å². The third-order valence-electron chi connectivity index (χ3n) is 3.21. The van der Waals surface area contributed by atoms with Crippen molar-refractivity contribution < 1.29 is 24.3 Å². The van der Waals surface area contributed by atoms with Crippen molar-refractivity contribution in [3.8, 4) is 11.5 Å². The number of benzene rings is 1. The highest BCUT2D eigenvalue weighted by molar-refractivity contribution is 5.85. The Labute approximate surface area is 128 Å². The predicted molar refractivity (Wildman–Crippen MR) is 79.4 cm³/mol. The minimum Gasteiger partial charge on any atom is -0.493 e. The van der Waals surface area contributed by atoms with Crippen molar-refractivity contribution in [2.24, 2.45) is 0 Å². The van der Waals surface area contributed by atoms with E-state index in [9.17, 15) is 4.79 Å². The van der Waals surface area contributed by atoms with Gasteiger partial charge in [0.2, 0.25) is 0 Å². The minimum absolute atomic E-state index is 0.564. The molecule has 1 aromatic rings. The van der Waals surface area contributed by atoms with Gasteiger partial charge in [-0.3, -0.25) is 20.3 Å². The van der Waals surface area contributed by atoms with Crippen LogP contribution in [0.5, 0.6) is 11.5 Å². The summed E-state index contributed by atoms with van der Waals surface area (Å²) >= 11 is 0. The number of ether oxygens (including phenoxy) is 2. The van der Waals surface area contributed by atoms with E-state index in [0.717, 1.165) is 11.1 Å².